The number of aromatic nitrogens is 3. The maximum Gasteiger partial charge on any atom is 0.267 e. The third-order valence-corrected chi connectivity index (χ3v) is 10.5. The van der Waals surface area contributed by atoms with E-state index < -0.39 is 11.4 Å². The summed E-state index contributed by atoms with van der Waals surface area (Å²) in [4.78, 5) is 48.1. The first kappa shape index (κ1) is 29.0. The molecule has 2 fully saturated rings. The summed E-state index contributed by atoms with van der Waals surface area (Å²) in [6.45, 7) is 1.53. The van der Waals surface area contributed by atoms with Gasteiger partial charge in [-0.25, -0.2) is 9.37 Å². The van der Waals surface area contributed by atoms with Gasteiger partial charge >= 0.3 is 0 Å². The van der Waals surface area contributed by atoms with Crippen molar-refractivity contribution in [2.24, 2.45) is 13.0 Å². The molecule has 9 nitrogen and oxygen atoms in total. The van der Waals surface area contributed by atoms with Crippen molar-refractivity contribution in [2.75, 3.05) is 26.2 Å². The average molecular weight is 704 g/mol. The van der Waals surface area contributed by atoms with Crippen LogP contribution in [0, 0.1) is 14.6 Å². The van der Waals surface area contributed by atoms with Crippen LogP contribution < -0.4 is 5.56 Å². The molecule has 42 heavy (non-hydrogen) atoms. The van der Waals surface area contributed by atoms with Crippen LogP contribution in [0.15, 0.2) is 59.8 Å². The number of carbonyl (C=O) groups is 2. The molecule has 5 heterocycles. The third-order valence-electron chi connectivity index (χ3n) is 8.62. The fourth-order valence-electron chi connectivity index (χ4n) is 6.25. The van der Waals surface area contributed by atoms with E-state index in [1.165, 1.54) is 17.0 Å². The monoisotopic (exact) mass is 703 g/mol. The van der Waals surface area contributed by atoms with Gasteiger partial charge in [0.15, 0.2) is 0 Å². The Balaban J connectivity index is 1.16. The van der Waals surface area contributed by atoms with Crippen molar-refractivity contribution < 1.29 is 19.1 Å². The lowest BCUT2D eigenvalue weighted by molar-refractivity contribution is -0.142. The van der Waals surface area contributed by atoms with Gasteiger partial charge < -0.3 is 19.5 Å². The molecule has 12 heteroatoms. The normalized spacial score (nSPS) is 20.7. The van der Waals surface area contributed by atoms with Crippen LogP contribution >= 0.6 is 33.9 Å². The molecule has 220 valence electrons. The average Bonchev–Trinajstić information content (AvgIpc) is 3.55. The SMILES string of the molecule is Cn1ccc2c(=O)n(CC3(O)CCN(C(=O)[C@@H]4CCN(C(=O)c5sc(I)cc5F)C[C@H]4c4ccccc4)CC3)cnc21. The van der Waals surface area contributed by atoms with Crippen molar-refractivity contribution in [1.82, 2.24) is 23.9 Å². The largest absolute Gasteiger partial charge is 0.388 e. The highest BCUT2D eigenvalue weighted by Crippen LogP contribution is 2.37. The Labute approximate surface area is 259 Å². The van der Waals surface area contributed by atoms with Gasteiger partial charge in [0.25, 0.3) is 11.5 Å². The summed E-state index contributed by atoms with van der Waals surface area (Å²) in [6.07, 6.45) is 4.39. The molecule has 0 radical (unpaired) electrons. The molecule has 2 aliphatic rings. The first-order valence-electron chi connectivity index (χ1n) is 13.9. The number of benzene rings is 1. The van der Waals surface area contributed by atoms with E-state index in [2.05, 4.69) is 4.98 Å². The first-order chi connectivity index (χ1) is 20.1. The van der Waals surface area contributed by atoms with Crippen LogP contribution in [0.3, 0.4) is 0 Å². The van der Waals surface area contributed by atoms with Gasteiger partial charge in [-0.05, 0) is 59.5 Å². The number of aryl methyl sites for hydroxylation is 1. The van der Waals surface area contributed by atoms with Crippen LogP contribution in [0.25, 0.3) is 11.0 Å². The highest BCUT2D eigenvalue weighted by molar-refractivity contribution is 14.1. The maximum atomic E-state index is 14.4. The third kappa shape index (κ3) is 5.51. The van der Waals surface area contributed by atoms with Gasteiger partial charge in [-0.2, -0.15) is 0 Å². The number of nitrogens with zero attached hydrogens (tertiary/aromatic N) is 5. The number of hydrogen-bond acceptors (Lipinski definition) is 6. The molecule has 4 aromatic rings. The minimum atomic E-state index is -1.14. The molecule has 2 amide bonds. The van der Waals surface area contributed by atoms with Crippen LogP contribution in [0.5, 0.6) is 0 Å². The topological polar surface area (TPSA) is 101 Å². The number of likely N-dealkylation sites (tertiary alicyclic amines) is 2. The van der Waals surface area contributed by atoms with Crippen molar-refractivity contribution in [3.63, 3.8) is 0 Å². The Hall–Kier alpha value is -3.10. The molecule has 3 aromatic heterocycles. The van der Waals surface area contributed by atoms with Crippen molar-refractivity contribution >= 4 is 56.8 Å². The summed E-state index contributed by atoms with van der Waals surface area (Å²) >= 11 is 3.15. The Morgan fingerprint density at radius 3 is 2.57 bits per heavy atom. The number of halogens is 2. The number of piperidine rings is 2. The highest BCUT2D eigenvalue weighted by Gasteiger charge is 2.42. The van der Waals surface area contributed by atoms with E-state index in [4.69, 9.17) is 0 Å². The van der Waals surface area contributed by atoms with Crippen molar-refractivity contribution in [3.05, 3.63) is 84.5 Å². The van der Waals surface area contributed by atoms with Gasteiger partial charge in [0.1, 0.15) is 22.7 Å². The standard InChI is InChI=1S/C30H31FIN5O4S/c1-34-11-7-21-26(34)33-18-37(28(21)39)17-30(41)9-13-35(14-10-30)27(38)20-8-12-36(16-22(20)19-5-3-2-4-6-19)29(40)25-23(31)15-24(32)42-25/h2-7,11,15,18,20,22,41H,8-10,12-14,16-17H2,1H3/t20-,22+/m1/s1. The molecule has 2 saturated heterocycles. The number of hydrogen-bond donors (Lipinski definition) is 1. The van der Waals surface area contributed by atoms with E-state index >= 15 is 0 Å². The number of fused-ring (bicyclic) bond motifs is 1. The minimum absolute atomic E-state index is 0.000562. The zero-order chi connectivity index (χ0) is 29.6. The van der Waals surface area contributed by atoms with Crippen molar-refractivity contribution in [1.29, 1.82) is 0 Å². The van der Waals surface area contributed by atoms with Gasteiger partial charge in [-0.1, -0.05) is 30.3 Å². The van der Waals surface area contributed by atoms with E-state index in [1.807, 2.05) is 60.0 Å². The quantitative estimate of drug-likeness (QED) is 0.319. The van der Waals surface area contributed by atoms with Crippen molar-refractivity contribution in [3.8, 4) is 0 Å². The molecule has 0 aliphatic carbocycles. The fourth-order valence-corrected chi connectivity index (χ4v) is 7.91. The van der Waals surface area contributed by atoms with E-state index in [1.54, 1.807) is 26.6 Å². The van der Waals surface area contributed by atoms with Gasteiger partial charge in [-0.3, -0.25) is 19.0 Å². The maximum absolute atomic E-state index is 14.4. The molecule has 2 aliphatic heterocycles. The second kappa shape index (κ2) is 11.5. The molecule has 1 N–H and O–H groups in total. The van der Waals surface area contributed by atoms with Crippen LogP contribution in [0.1, 0.15) is 40.4 Å². The zero-order valence-electron chi connectivity index (χ0n) is 23.1. The van der Waals surface area contributed by atoms with Gasteiger partial charge in [0.05, 0.1) is 20.4 Å². The molecule has 1 aromatic carbocycles. The summed E-state index contributed by atoms with van der Waals surface area (Å²) in [5.41, 5.74) is 0.226. The summed E-state index contributed by atoms with van der Waals surface area (Å²) in [5, 5.41) is 11.9. The number of thiophene rings is 1. The Morgan fingerprint density at radius 1 is 1.14 bits per heavy atom. The lowest BCUT2D eigenvalue weighted by atomic mass is 9.79. The number of carbonyl (C=O) groups excluding carboxylic acids is 2. The van der Waals surface area contributed by atoms with Gasteiger partial charge in [-0.15, -0.1) is 11.3 Å². The Bertz CT molecular complexity index is 1690. The van der Waals surface area contributed by atoms with Gasteiger partial charge in [0.2, 0.25) is 5.91 Å². The Kier molecular flexibility index (Phi) is 7.96. The Morgan fingerprint density at radius 2 is 1.88 bits per heavy atom. The summed E-state index contributed by atoms with van der Waals surface area (Å²) in [7, 11) is 1.83. The molecule has 0 spiro atoms. The number of rotatable bonds is 5. The van der Waals surface area contributed by atoms with Crippen LogP contribution in [-0.2, 0) is 18.4 Å². The van der Waals surface area contributed by atoms with E-state index in [-0.39, 0.29) is 40.6 Å². The number of aliphatic hydroxyl groups is 1. The summed E-state index contributed by atoms with van der Waals surface area (Å²) < 4.78 is 18.4. The first-order valence-corrected chi connectivity index (χ1v) is 15.8. The van der Waals surface area contributed by atoms with E-state index in [0.717, 1.165) is 16.9 Å². The highest BCUT2D eigenvalue weighted by atomic mass is 127. The molecular formula is C30H31FIN5O4S. The lowest BCUT2D eigenvalue weighted by Crippen LogP contribution is -2.53. The van der Waals surface area contributed by atoms with E-state index in [9.17, 15) is 23.9 Å². The number of amides is 2. The smallest absolute Gasteiger partial charge is 0.267 e. The molecule has 0 unspecified atom stereocenters. The van der Waals surface area contributed by atoms with Gasteiger partial charge in [0, 0.05) is 51.3 Å². The summed E-state index contributed by atoms with van der Waals surface area (Å²) in [5.74, 6) is -1.43. The minimum Gasteiger partial charge on any atom is -0.388 e. The predicted molar refractivity (Wildman–Crippen MR) is 166 cm³/mol. The van der Waals surface area contributed by atoms with Crippen molar-refractivity contribution in [2.45, 2.75) is 37.3 Å². The molecular weight excluding hydrogens is 672 g/mol. The summed E-state index contributed by atoms with van der Waals surface area (Å²) in [6, 6.07) is 12.8. The lowest BCUT2D eigenvalue weighted by Gasteiger charge is -2.43. The predicted octanol–water partition coefficient (Wildman–Crippen LogP) is 3.84. The van der Waals surface area contributed by atoms with Crippen LogP contribution in [0.4, 0.5) is 4.39 Å². The second-order valence-corrected chi connectivity index (χ2v) is 14.2. The molecule has 6 rings (SSSR count). The molecule has 0 bridgehead atoms. The zero-order valence-corrected chi connectivity index (χ0v) is 26.1. The second-order valence-electron chi connectivity index (χ2n) is 11.3. The molecule has 0 saturated carbocycles. The van der Waals surface area contributed by atoms with Crippen LogP contribution in [-0.4, -0.2) is 72.6 Å². The van der Waals surface area contributed by atoms with Crippen LogP contribution in [0.2, 0.25) is 0 Å². The molecule has 2 atom stereocenters. The fraction of sp³-hybridized carbons (Fsp3) is 0.400. The van der Waals surface area contributed by atoms with E-state index in [0.29, 0.717) is 59.4 Å².